The van der Waals surface area contributed by atoms with E-state index in [0.717, 1.165) is 29.7 Å². The first-order valence-corrected chi connectivity index (χ1v) is 10.6. The molecule has 1 heterocycles. The molecule has 3 aromatic carbocycles. The molecule has 0 atom stereocenters. The molecule has 5 rings (SSSR count). The number of aromatic carboxylic acids is 1. The van der Waals surface area contributed by atoms with Crippen LogP contribution in [-0.2, 0) is 10.2 Å². The minimum absolute atomic E-state index is 0.0100. The fourth-order valence-corrected chi connectivity index (χ4v) is 4.34. The van der Waals surface area contributed by atoms with Crippen molar-refractivity contribution in [3.05, 3.63) is 76.8 Å². The molecular formula is C25H20ClNO5. The molecule has 7 heteroatoms. The van der Waals surface area contributed by atoms with Gasteiger partial charge in [0.2, 0.25) is 12.7 Å². The largest absolute Gasteiger partial charge is 0.478 e. The minimum Gasteiger partial charge on any atom is -0.478 e. The van der Waals surface area contributed by atoms with Gasteiger partial charge in [-0.2, -0.15) is 0 Å². The van der Waals surface area contributed by atoms with E-state index in [2.05, 4.69) is 0 Å². The molecule has 0 saturated heterocycles. The third-order valence-corrected chi connectivity index (χ3v) is 6.48. The van der Waals surface area contributed by atoms with Crippen LogP contribution in [0, 0.1) is 0 Å². The molecule has 0 aromatic heterocycles. The molecule has 1 saturated carbocycles. The summed E-state index contributed by atoms with van der Waals surface area (Å²) in [6.07, 6.45) is 1.54. The number of carboxylic acid groups (broad SMARTS) is 1. The zero-order chi connectivity index (χ0) is 22.5. The van der Waals surface area contributed by atoms with Gasteiger partial charge >= 0.3 is 5.97 Å². The van der Waals surface area contributed by atoms with E-state index in [1.54, 1.807) is 30.1 Å². The third kappa shape index (κ3) is 3.37. The molecule has 1 aliphatic heterocycles. The summed E-state index contributed by atoms with van der Waals surface area (Å²) in [5.41, 5.74) is 2.65. The average Bonchev–Trinajstić information content (AvgIpc) is 3.48. The summed E-state index contributed by atoms with van der Waals surface area (Å²) >= 11 is 6.00. The van der Waals surface area contributed by atoms with Crippen LogP contribution < -0.4 is 14.4 Å². The number of anilines is 1. The van der Waals surface area contributed by atoms with Crippen molar-refractivity contribution in [2.75, 3.05) is 18.7 Å². The van der Waals surface area contributed by atoms with Gasteiger partial charge in [-0.3, -0.25) is 4.79 Å². The number of carbonyl (C=O) groups excluding carboxylic acids is 1. The number of amides is 1. The van der Waals surface area contributed by atoms with E-state index < -0.39 is 11.4 Å². The van der Waals surface area contributed by atoms with Gasteiger partial charge in [0.15, 0.2) is 11.5 Å². The average molecular weight is 450 g/mol. The Balaban J connectivity index is 1.44. The SMILES string of the molecule is CN(C(=O)C1(c2ccc3c(c2)OCO3)CC1)c1cccc(-c2ccc(Cl)c(C(=O)O)c2)c1. The Labute approximate surface area is 189 Å². The molecule has 1 N–H and O–H groups in total. The van der Waals surface area contributed by atoms with Crippen LogP contribution in [0.5, 0.6) is 11.5 Å². The Morgan fingerprint density at radius 1 is 0.969 bits per heavy atom. The standard InChI is InChI=1S/C25H20ClNO5/c1-27(24(30)25(9-10-25)17-6-8-21-22(13-17)32-14-31-21)18-4-2-3-15(11-18)16-5-7-20(26)19(12-16)23(28)29/h2-8,11-13H,9-10,14H2,1H3,(H,28,29). The lowest BCUT2D eigenvalue weighted by Gasteiger charge is -2.24. The Morgan fingerprint density at radius 2 is 1.72 bits per heavy atom. The second-order valence-electron chi connectivity index (χ2n) is 8.06. The van der Waals surface area contributed by atoms with Crippen LogP contribution in [-0.4, -0.2) is 30.8 Å². The topological polar surface area (TPSA) is 76.1 Å². The quantitative estimate of drug-likeness (QED) is 0.584. The number of carboxylic acids is 1. The van der Waals surface area contributed by atoms with Crippen LogP contribution in [0.4, 0.5) is 5.69 Å². The maximum absolute atomic E-state index is 13.5. The zero-order valence-electron chi connectivity index (χ0n) is 17.3. The maximum Gasteiger partial charge on any atom is 0.337 e. The van der Waals surface area contributed by atoms with Crippen molar-refractivity contribution in [1.82, 2.24) is 0 Å². The number of hydrogen-bond donors (Lipinski definition) is 1. The predicted octanol–water partition coefficient (Wildman–Crippen LogP) is 5.13. The van der Waals surface area contributed by atoms with Gasteiger partial charge in [-0.1, -0.05) is 35.9 Å². The second kappa shape index (κ2) is 7.57. The first-order valence-electron chi connectivity index (χ1n) is 10.2. The molecular weight excluding hydrogens is 430 g/mol. The Morgan fingerprint density at radius 3 is 2.47 bits per heavy atom. The highest BCUT2D eigenvalue weighted by molar-refractivity contribution is 6.33. The number of halogens is 1. The number of likely N-dealkylation sites (N-methyl/N-ethyl adjacent to an activating group) is 1. The van der Waals surface area contributed by atoms with E-state index in [1.165, 1.54) is 0 Å². The summed E-state index contributed by atoms with van der Waals surface area (Å²) in [5.74, 6) is 0.292. The molecule has 3 aromatic rings. The van der Waals surface area contributed by atoms with Crippen molar-refractivity contribution in [3.8, 4) is 22.6 Å². The Bertz CT molecular complexity index is 1250. The monoisotopic (exact) mass is 449 g/mol. The number of carbonyl (C=O) groups is 2. The van der Waals surface area contributed by atoms with Crippen molar-refractivity contribution in [1.29, 1.82) is 0 Å². The van der Waals surface area contributed by atoms with Gasteiger partial charge in [-0.05, 0) is 65.9 Å². The molecule has 0 bridgehead atoms. The molecule has 1 amide bonds. The smallest absolute Gasteiger partial charge is 0.337 e. The van der Waals surface area contributed by atoms with Crippen LogP contribution in [0.25, 0.3) is 11.1 Å². The van der Waals surface area contributed by atoms with Gasteiger partial charge in [-0.25, -0.2) is 4.79 Å². The summed E-state index contributed by atoms with van der Waals surface area (Å²) in [6, 6.07) is 18.0. The van der Waals surface area contributed by atoms with Gasteiger partial charge in [-0.15, -0.1) is 0 Å². The van der Waals surface area contributed by atoms with Crippen LogP contribution in [0.3, 0.4) is 0 Å². The van der Waals surface area contributed by atoms with Crippen LogP contribution >= 0.6 is 11.6 Å². The molecule has 1 fully saturated rings. The Kier molecular flexibility index (Phi) is 4.82. The lowest BCUT2D eigenvalue weighted by atomic mass is 9.93. The molecule has 0 radical (unpaired) electrons. The molecule has 32 heavy (non-hydrogen) atoms. The van der Waals surface area contributed by atoms with E-state index >= 15 is 0 Å². The van der Waals surface area contributed by atoms with Crippen molar-refractivity contribution in [2.24, 2.45) is 0 Å². The summed E-state index contributed by atoms with van der Waals surface area (Å²) in [6.45, 7) is 0.195. The van der Waals surface area contributed by atoms with Crippen molar-refractivity contribution >= 4 is 29.2 Å². The normalized spacial score (nSPS) is 15.3. The number of nitrogens with zero attached hydrogens (tertiary/aromatic N) is 1. The van der Waals surface area contributed by atoms with E-state index in [9.17, 15) is 14.7 Å². The fourth-order valence-electron chi connectivity index (χ4n) is 4.15. The number of ether oxygens (including phenoxy) is 2. The first-order chi connectivity index (χ1) is 15.4. The van der Waals surface area contributed by atoms with Gasteiger partial charge < -0.3 is 19.5 Å². The van der Waals surface area contributed by atoms with Gasteiger partial charge in [0.25, 0.3) is 0 Å². The van der Waals surface area contributed by atoms with Crippen LogP contribution in [0.1, 0.15) is 28.8 Å². The summed E-state index contributed by atoms with van der Waals surface area (Å²) in [7, 11) is 1.76. The highest BCUT2D eigenvalue weighted by Gasteiger charge is 2.53. The lowest BCUT2D eigenvalue weighted by molar-refractivity contribution is -0.120. The molecule has 162 valence electrons. The summed E-state index contributed by atoms with van der Waals surface area (Å²) in [4.78, 5) is 26.6. The Hall–Kier alpha value is -3.51. The van der Waals surface area contributed by atoms with Gasteiger partial charge in [0, 0.05) is 12.7 Å². The van der Waals surface area contributed by atoms with Crippen molar-refractivity contribution in [2.45, 2.75) is 18.3 Å². The van der Waals surface area contributed by atoms with E-state index in [-0.39, 0.29) is 23.3 Å². The van der Waals surface area contributed by atoms with E-state index in [0.29, 0.717) is 17.1 Å². The van der Waals surface area contributed by atoms with Gasteiger partial charge in [0.05, 0.1) is 16.0 Å². The molecule has 0 unspecified atom stereocenters. The number of fused-ring (bicyclic) bond motifs is 1. The molecule has 0 spiro atoms. The third-order valence-electron chi connectivity index (χ3n) is 6.15. The molecule has 2 aliphatic rings. The summed E-state index contributed by atoms with van der Waals surface area (Å²) < 4.78 is 10.9. The fraction of sp³-hybridized carbons (Fsp3) is 0.200. The number of rotatable bonds is 5. The van der Waals surface area contributed by atoms with E-state index in [4.69, 9.17) is 21.1 Å². The molecule has 1 aliphatic carbocycles. The molecule has 6 nitrogen and oxygen atoms in total. The summed E-state index contributed by atoms with van der Waals surface area (Å²) in [5, 5.41) is 9.55. The lowest BCUT2D eigenvalue weighted by Crippen LogP contribution is -2.36. The van der Waals surface area contributed by atoms with Crippen molar-refractivity contribution in [3.63, 3.8) is 0 Å². The van der Waals surface area contributed by atoms with Gasteiger partial charge in [0.1, 0.15) is 0 Å². The second-order valence-corrected chi connectivity index (χ2v) is 8.47. The van der Waals surface area contributed by atoms with E-state index in [1.807, 2.05) is 42.5 Å². The number of benzene rings is 3. The van der Waals surface area contributed by atoms with Crippen LogP contribution in [0.2, 0.25) is 5.02 Å². The maximum atomic E-state index is 13.5. The van der Waals surface area contributed by atoms with Crippen LogP contribution in [0.15, 0.2) is 60.7 Å². The minimum atomic E-state index is -1.08. The first kappa shape index (κ1) is 20.4. The zero-order valence-corrected chi connectivity index (χ0v) is 18.1. The highest BCUT2D eigenvalue weighted by Crippen LogP contribution is 2.52. The predicted molar refractivity (Wildman–Crippen MR) is 121 cm³/mol. The van der Waals surface area contributed by atoms with Crippen molar-refractivity contribution < 1.29 is 24.2 Å². The highest BCUT2D eigenvalue weighted by atomic mass is 35.5. The number of hydrogen-bond acceptors (Lipinski definition) is 4.